The van der Waals surface area contributed by atoms with Crippen molar-refractivity contribution in [3.05, 3.63) is 54.4 Å². The predicted molar refractivity (Wildman–Crippen MR) is 130 cm³/mol. The summed E-state index contributed by atoms with van der Waals surface area (Å²) in [5.41, 5.74) is 3.10. The molecule has 0 N–H and O–H groups in total. The van der Waals surface area contributed by atoms with Gasteiger partial charge in [0.15, 0.2) is 0 Å². The molecule has 0 bridgehead atoms. The highest BCUT2D eigenvalue weighted by atomic mass is 16.5. The molecule has 5 heteroatoms. The van der Waals surface area contributed by atoms with E-state index >= 15 is 0 Å². The molecule has 0 aliphatic carbocycles. The molecule has 2 heterocycles. The summed E-state index contributed by atoms with van der Waals surface area (Å²) in [6, 6.07) is 16.1. The molecule has 1 fully saturated rings. The second-order valence-electron chi connectivity index (χ2n) is 8.84. The van der Waals surface area contributed by atoms with E-state index in [0.29, 0.717) is 13.0 Å². The van der Waals surface area contributed by atoms with Crippen LogP contribution in [0, 0.1) is 0 Å². The van der Waals surface area contributed by atoms with Gasteiger partial charge in [-0.15, -0.1) is 0 Å². The van der Waals surface area contributed by atoms with E-state index in [9.17, 15) is 4.79 Å². The van der Waals surface area contributed by atoms with Crippen LogP contribution in [0.5, 0.6) is 5.75 Å². The van der Waals surface area contributed by atoms with Crippen LogP contribution >= 0.6 is 0 Å². The quantitative estimate of drug-likeness (QED) is 0.333. The van der Waals surface area contributed by atoms with Crippen LogP contribution in [0.1, 0.15) is 70.0 Å². The first-order valence-corrected chi connectivity index (χ1v) is 12.1. The fourth-order valence-corrected chi connectivity index (χ4v) is 4.78. The zero-order chi connectivity index (χ0) is 22.3. The van der Waals surface area contributed by atoms with Crippen LogP contribution in [-0.2, 0) is 11.3 Å². The summed E-state index contributed by atoms with van der Waals surface area (Å²) in [4.78, 5) is 19.8. The van der Waals surface area contributed by atoms with Crippen molar-refractivity contribution in [2.75, 3.05) is 18.6 Å². The molecule has 1 aromatic heterocycles. The van der Waals surface area contributed by atoms with Gasteiger partial charge in [-0.05, 0) is 30.7 Å². The SMILES string of the molecule is CCCCCCCCCn1c(C2CC(=O)N(c3cccc(OC)c3)C2)nc2ccccc21. The maximum atomic E-state index is 12.9. The van der Waals surface area contributed by atoms with Crippen molar-refractivity contribution in [2.45, 2.75) is 70.8 Å². The highest BCUT2D eigenvalue weighted by Gasteiger charge is 2.34. The van der Waals surface area contributed by atoms with Gasteiger partial charge in [-0.2, -0.15) is 0 Å². The summed E-state index contributed by atoms with van der Waals surface area (Å²) in [5.74, 6) is 2.07. The van der Waals surface area contributed by atoms with Crippen molar-refractivity contribution in [3.8, 4) is 5.75 Å². The minimum absolute atomic E-state index is 0.102. The molecule has 1 amide bonds. The van der Waals surface area contributed by atoms with Gasteiger partial charge in [0.1, 0.15) is 11.6 Å². The number of amides is 1. The molecule has 1 aliphatic heterocycles. The molecule has 0 spiro atoms. The first-order valence-electron chi connectivity index (χ1n) is 12.1. The Morgan fingerprint density at radius 3 is 2.59 bits per heavy atom. The number of fused-ring (bicyclic) bond motifs is 1. The number of carbonyl (C=O) groups is 1. The first-order chi connectivity index (χ1) is 15.7. The number of methoxy groups -OCH3 is 1. The number of aromatic nitrogens is 2. The number of carbonyl (C=O) groups excluding carboxylic acids is 1. The number of aryl methyl sites for hydroxylation is 1. The standard InChI is InChI=1S/C27H35N3O2/c1-3-4-5-6-7-8-11-17-29-25-16-10-9-15-24(25)28-27(29)21-18-26(31)30(20-21)22-13-12-14-23(19-22)32-2/h9-10,12-16,19,21H,3-8,11,17-18,20H2,1-2H3. The second kappa shape index (κ2) is 10.7. The topological polar surface area (TPSA) is 47.4 Å². The van der Waals surface area contributed by atoms with Gasteiger partial charge in [-0.3, -0.25) is 4.79 Å². The summed E-state index contributed by atoms with van der Waals surface area (Å²) >= 11 is 0. The number of hydrogen-bond donors (Lipinski definition) is 0. The average molecular weight is 434 g/mol. The molecule has 32 heavy (non-hydrogen) atoms. The molecule has 5 nitrogen and oxygen atoms in total. The van der Waals surface area contributed by atoms with E-state index in [1.807, 2.05) is 35.2 Å². The molecule has 0 radical (unpaired) electrons. The van der Waals surface area contributed by atoms with Crippen LogP contribution in [0.25, 0.3) is 11.0 Å². The molecule has 1 atom stereocenters. The Bertz CT molecular complexity index is 1040. The summed E-state index contributed by atoms with van der Waals surface area (Å²) in [6.45, 7) is 3.88. The third kappa shape index (κ3) is 4.98. The van der Waals surface area contributed by atoms with Gasteiger partial charge in [-0.25, -0.2) is 4.98 Å². The Labute approximate surface area is 191 Å². The molecule has 2 aromatic carbocycles. The smallest absolute Gasteiger partial charge is 0.227 e. The number of para-hydroxylation sites is 2. The van der Waals surface area contributed by atoms with Gasteiger partial charge >= 0.3 is 0 Å². The van der Waals surface area contributed by atoms with Crippen LogP contribution in [0.2, 0.25) is 0 Å². The lowest BCUT2D eigenvalue weighted by Gasteiger charge is -2.18. The van der Waals surface area contributed by atoms with Gasteiger partial charge < -0.3 is 14.2 Å². The maximum Gasteiger partial charge on any atom is 0.227 e. The monoisotopic (exact) mass is 433 g/mol. The summed E-state index contributed by atoms with van der Waals surface area (Å²) in [7, 11) is 1.65. The second-order valence-corrected chi connectivity index (χ2v) is 8.84. The van der Waals surface area contributed by atoms with E-state index in [4.69, 9.17) is 9.72 Å². The third-order valence-corrected chi connectivity index (χ3v) is 6.52. The summed E-state index contributed by atoms with van der Waals surface area (Å²) in [5, 5.41) is 0. The lowest BCUT2D eigenvalue weighted by atomic mass is 10.1. The van der Waals surface area contributed by atoms with E-state index in [1.165, 1.54) is 44.0 Å². The Kier molecular flexibility index (Phi) is 7.46. The maximum absolute atomic E-state index is 12.9. The van der Waals surface area contributed by atoms with Gasteiger partial charge in [0.25, 0.3) is 0 Å². The van der Waals surface area contributed by atoms with Gasteiger partial charge in [0.2, 0.25) is 5.91 Å². The van der Waals surface area contributed by atoms with Gasteiger partial charge in [0, 0.05) is 37.2 Å². The molecular weight excluding hydrogens is 398 g/mol. The fraction of sp³-hybridized carbons (Fsp3) is 0.481. The van der Waals surface area contributed by atoms with Crippen molar-refractivity contribution >= 4 is 22.6 Å². The number of rotatable bonds is 11. The van der Waals surface area contributed by atoms with Gasteiger partial charge in [0.05, 0.1) is 18.1 Å². The molecule has 0 saturated carbocycles. The predicted octanol–water partition coefficient (Wildman–Crippen LogP) is 6.32. The number of unbranched alkanes of at least 4 members (excludes halogenated alkanes) is 6. The van der Waals surface area contributed by atoms with Crippen molar-refractivity contribution in [2.24, 2.45) is 0 Å². The number of benzene rings is 2. The largest absolute Gasteiger partial charge is 0.497 e. The van der Waals surface area contributed by atoms with E-state index < -0.39 is 0 Å². The molecular formula is C27H35N3O2. The Hall–Kier alpha value is -2.82. The minimum atomic E-state index is 0.102. The lowest BCUT2D eigenvalue weighted by Crippen LogP contribution is -2.24. The highest BCUT2D eigenvalue weighted by Crippen LogP contribution is 2.34. The Morgan fingerprint density at radius 1 is 1.00 bits per heavy atom. The lowest BCUT2D eigenvalue weighted by molar-refractivity contribution is -0.117. The number of ether oxygens (including phenoxy) is 1. The fourth-order valence-electron chi connectivity index (χ4n) is 4.78. The zero-order valence-corrected chi connectivity index (χ0v) is 19.4. The van der Waals surface area contributed by atoms with Crippen LogP contribution in [0.3, 0.4) is 0 Å². The third-order valence-electron chi connectivity index (χ3n) is 6.52. The molecule has 1 aliphatic rings. The average Bonchev–Trinajstić information content (AvgIpc) is 3.39. The van der Waals surface area contributed by atoms with Crippen molar-refractivity contribution in [3.63, 3.8) is 0 Å². The molecule has 3 aromatic rings. The number of nitrogens with zero attached hydrogens (tertiary/aromatic N) is 3. The first kappa shape index (κ1) is 22.4. The van der Waals surface area contributed by atoms with Crippen molar-refractivity contribution in [1.29, 1.82) is 0 Å². The van der Waals surface area contributed by atoms with E-state index in [-0.39, 0.29) is 11.8 Å². The van der Waals surface area contributed by atoms with Crippen molar-refractivity contribution in [1.82, 2.24) is 9.55 Å². The number of imidazole rings is 1. The van der Waals surface area contributed by atoms with Crippen LogP contribution in [0.15, 0.2) is 48.5 Å². The Morgan fingerprint density at radius 2 is 1.78 bits per heavy atom. The highest BCUT2D eigenvalue weighted by molar-refractivity contribution is 5.96. The van der Waals surface area contributed by atoms with Crippen LogP contribution in [0.4, 0.5) is 5.69 Å². The minimum Gasteiger partial charge on any atom is -0.497 e. The molecule has 4 rings (SSSR count). The van der Waals surface area contributed by atoms with E-state index in [0.717, 1.165) is 35.7 Å². The molecule has 170 valence electrons. The number of anilines is 1. The number of hydrogen-bond acceptors (Lipinski definition) is 3. The summed E-state index contributed by atoms with van der Waals surface area (Å²) in [6.07, 6.45) is 9.51. The van der Waals surface area contributed by atoms with Crippen molar-refractivity contribution < 1.29 is 9.53 Å². The molecule has 1 unspecified atom stereocenters. The zero-order valence-electron chi connectivity index (χ0n) is 19.4. The van der Waals surface area contributed by atoms with Crippen LogP contribution in [-0.4, -0.2) is 29.1 Å². The summed E-state index contributed by atoms with van der Waals surface area (Å²) < 4.78 is 7.72. The van der Waals surface area contributed by atoms with Gasteiger partial charge in [-0.1, -0.05) is 63.6 Å². The van der Waals surface area contributed by atoms with E-state index in [1.54, 1.807) is 7.11 Å². The normalized spacial score (nSPS) is 16.2. The molecule has 1 saturated heterocycles. The van der Waals surface area contributed by atoms with E-state index in [2.05, 4.69) is 29.7 Å². The Balaban J connectivity index is 1.49. The van der Waals surface area contributed by atoms with Crippen LogP contribution < -0.4 is 9.64 Å².